The molecule has 0 bridgehead atoms. The Balaban J connectivity index is 1.65. The van der Waals surface area contributed by atoms with Crippen LogP contribution in [0.2, 0.25) is 0 Å². The molecular formula is C28H31F7N2O2. The van der Waals surface area contributed by atoms with Crippen molar-refractivity contribution in [2.24, 2.45) is 5.92 Å². The van der Waals surface area contributed by atoms with Crippen LogP contribution in [-0.4, -0.2) is 42.6 Å². The molecule has 2 fully saturated rings. The van der Waals surface area contributed by atoms with Gasteiger partial charge in [-0.3, -0.25) is 9.69 Å². The van der Waals surface area contributed by atoms with Crippen molar-refractivity contribution in [3.63, 3.8) is 0 Å². The summed E-state index contributed by atoms with van der Waals surface area (Å²) in [6.45, 7) is 3.26. The number of carbonyl (C=O) groups excluding carboxylic acids is 1. The highest BCUT2D eigenvalue weighted by atomic mass is 19.4. The van der Waals surface area contributed by atoms with E-state index in [0.29, 0.717) is 31.4 Å². The lowest BCUT2D eigenvalue weighted by Gasteiger charge is -2.32. The van der Waals surface area contributed by atoms with Crippen molar-refractivity contribution in [3.05, 3.63) is 70.5 Å². The second-order valence-electron chi connectivity index (χ2n) is 10.9. The zero-order chi connectivity index (χ0) is 28.9. The summed E-state index contributed by atoms with van der Waals surface area (Å²) in [7, 11) is 3.62. The van der Waals surface area contributed by atoms with Crippen LogP contribution < -0.4 is 5.32 Å². The quantitative estimate of drug-likeness (QED) is 0.400. The number of likely N-dealkylation sites (N-methyl/N-ethyl adjacent to an activating group) is 1. The number of alkyl halides is 6. The number of halogens is 7. The summed E-state index contributed by atoms with van der Waals surface area (Å²) in [5.74, 6) is -1.07. The number of amides is 1. The Morgan fingerprint density at radius 1 is 0.974 bits per heavy atom. The molecule has 1 saturated carbocycles. The SMILES string of the molecule is C[C@@H](O[C@H]1CC[C@@H](C2C[C@@](C)(N(C)C)C(=O)N2)[C@@H]1c1ccc(F)cc1)c1cc(C(F)(F)F)cc(C(F)(F)F)c1. The number of nitrogens with zero attached hydrogens (tertiary/aromatic N) is 1. The van der Waals surface area contributed by atoms with Crippen molar-refractivity contribution in [3.8, 4) is 0 Å². The van der Waals surface area contributed by atoms with Gasteiger partial charge in [-0.05, 0) is 94.6 Å². The van der Waals surface area contributed by atoms with Gasteiger partial charge in [0.1, 0.15) is 5.82 Å². The Bertz CT molecular complexity index is 1160. The van der Waals surface area contributed by atoms with Gasteiger partial charge in [-0.2, -0.15) is 26.3 Å². The summed E-state index contributed by atoms with van der Waals surface area (Å²) in [4.78, 5) is 14.7. The normalized spacial score (nSPS) is 28.7. The van der Waals surface area contributed by atoms with Crippen molar-refractivity contribution in [1.29, 1.82) is 0 Å². The predicted molar refractivity (Wildman–Crippen MR) is 130 cm³/mol. The molecular weight excluding hydrogens is 529 g/mol. The van der Waals surface area contributed by atoms with Crippen LogP contribution in [0.4, 0.5) is 30.7 Å². The van der Waals surface area contributed by atoms with E-state index in [4.69, 9.17) is 4.74 Å². The number of carbonyl (C=O) groups is 1. The lowest BCUT2D eigenvalue weighted by molar-refractivity contribution is -0.143. The zero-order valence-electron chi connectivity index (χ0n) is 22.0. The Morgan fingerprint density at radius 3 is 2.03 bits per heavy atom. The van der Waals surface area contributed by atoms with Gasteiger partial charge in [-0.25, -0.2) is 4.39 Å². The molecule has 1 aliphatic heterocycles. The number of benzene rings is 2. The number of ether oxygens (including phenoxy) is 1. The molecule has 1 amide bonds. The second-order valence-corrected chi connectivity index (χ2v) is 10.9. The van der Waals surface area contributed by atoms with Crippen LogP contribution in [-0.2, 0) is 21.9 Å². The summed E-state index contributed by atoms with van der Waals surface area (Å²) in [6, 6.07) is 7.01. The average molecular weight is 561 g/mol. The molecule has 1 N–H and O–H groups in total. The molecule has 11 heteroatoms. The van der Waals surface area contributed by atoms with E-state index in [-0.39, 0.29) is 35.4 Å². The highest BCUT2D eigenvalue weighted by molar-refractivity contribution is 5.88. The van der Waals surface area contributed by atoms with E-state index in [0.717, 1.165) is 5.56 Å². The fraction of sp³-hybridized carbons (Fsp3) is 0.536. The first kappa shape index (κ1) is 29.3. The van der Waals surface area contributed by atoms with Crippen molar-refractivity contribution < 1.29 is 40.3 Å². The highest BCUT2D eigenvalue weighted by Crippen LogP contribution is 2.48. The molecule has 0 aromatic heterocycles. The number of nitrogens with one attached hydrogen (secondary N) is 1. The third-order valence-electron chi connectivity index (χ3n) is 8.29. The maximum absolute atomic E-state index is 13.7. The van der Waals surface area contributed by atoms with E-state index >= 15 is 0 Å². The Hall–Kier alpha value is -2.66. The van der Waals surface area contributed by atoms with Crippen LogP contribution in [0.25, 0.3) is 0 Å². The van der Waals surface area contributed by atoms with Gasteiger partial charge >= 0.3 is 12.4 Å². The van der Waals surface area contributed by atoms with Crippen molar-refractivity contribution in [2.45, 2.75) is 75.2 Å². The maximum Gasteiger partial charge on any atom is 0.416 e. The number of hydrogen-bond donors (Lipinski definition) is 1. The number of rotatable bonds is 6. The molecule has 1 unspecified atom stereocenters. The van der Waals surface area contributed by atoms with Crippen molar-refractivity contribution in [1.82, 2.24) is 10.2 Å². The Labute approximate surface area is 222 Å². The molecule has 1 heterocycles. The van der Waals surface area contributed by atoms with Gasteiger partial charge in [0.25, 0.3) is 0 Å². The molecule has 2 aliphatic rings. The topological polar surface area (TPSA) is 41.6 Å². The standard InChI is InChI=1S/C28H31F7N2O2/c1-15(17-11-18(27(30,31)32)13-19(12-17)28(33,34)35)39-23-10-9-21(24(23)16-5-7-20(29)8-6-16)22-14-26(2,37(3)4)25(38)36-22/h5-8,11-13,15,21-24H,9-10,14H2,1-4H3,(H,36,38)/t15-,21+,22?,23+,24+,26-/m1/s1. The van der Waals surface area contributed by atoms with E-state index in [9.17, 15) is 35.5 Å². The summed E-state index contributed by atoms with van der Waals surface area (Å²) in [5, 5.41) is 3.07. The monoisotopic (exact) mass is 560 g/mol. The van der Waals surface area contributed by atoms with Gasteiger partial charge in [0, 0.05) is 12.0 Å². The molecule has 214 valence electrons. The smallest absolute Gasteiger partial charge is 0.370 e. The van der Waals surface area contributed by atoms with E-state index in [1.807, 2.05) is 25.9 Å². The summed E-state index contributed by atoms with van der Waals surface area (Å²) < 4.78 is 100. The molecule has 39 heavy (non-hydrogen) atoms. The average Bonchev–Trinajstić information content (AvgIpc) is 3.39. The minimum Gasteiger partial charge on any atom is -0.370 e. The van der Waals surface area contributed by atoms with Gasteiger partial charge in [0.15, 0.2) is 0 Å². The zero-order valence-corrected chi connectivity index (χ0v) is 22.0. The first-order valence-corrected chi connectivity index (χ1v) is 12.7. The lowest BCUT2D eigenvalue weighted by atomic mass is 9.80. The first-order chi connectivity index (χ1) is 18.0. The molecule has 4 rings (SSSR count). The minimum absolute atomic E-state index is 0.0909. The van der Waals surface area contributed by atoms with Crippen LogP contribution in [0.5, 0.6) is 0 Å². The molecule has 6 atom stereocenters. The maximum atomic E-state index is 13.7. The molecule has 4 nitrogen and oxygen atoms in total. The molecule has 2 aromatic rings. The van der Waals surface area contributed by atoms with Crippen LogP contribution in [0.15, 0.2) is 42.5 Å². The summed E-state index contributed by atoms with van der Waals surface area (Å²) in [6.07, 6.45) is -10.0. The van der Waals surface area contributed by atoms with Gasteiger partial charge in [-0.1, -0.05) is 12.1 Å². The Kier molecular flexibility index (Phi) is 7.81. The van der Waals surface area contributed by atoms with Crippen LogP contribution >= 0.6 is 0 Å². The van der Waals surface area contributed by atoms with Crippen LogP contribution in [0.3, 0.4) is 0 Å². The lowest BCUT2D eigenvalue weighted by Crippen LogP contribution is -2.47. The summed E-state index contributed by atoms with van der Waals surface area (Å²) in [5.41, 5.74) is -3.06. The fourth-order valence-electron chi connectivity index (χ4n) is 5.84. The minimum atomic E-state index is -4.97. The van der Waals surface area contributed by atoms with E-state index in [1.165, 1.54) is 19.1 Å². The van der Waals surface area contributed by atoms with E-state index < -0.39 is 47.0 Å². The highest BCUT2D eigenvalue weighted by Gasteiger charge is 2.51. The van der Waals surface area contributed by atoms with E-state index in [1.54, 1.807) is 12.1 Å². The van der Waals surface area contributed by atoms with Gasteiger partial charge in [0.2, 0.25) is 5.91 Å². The molecule has 2 aromatic carbocycles. The Morgan fingerprint density at radius 2 is 1.54 bits per heavy atom. The molecule has 0 spiro atoms. The number of hydrogen-bond acceptors (Lipinski definition) is 3. The molecule has 0 radical (unpaired) electrons. The van der Waals surface area contributed by atoms with Gasteiger partial charge < -0.3 is 10.1 Å². The molecule has 1 aliphatic carbocycles. The second kappa shape index (κ2) is 10.4. The van der Waals surface area contributed by atoms with E-state index in [2.05, 4.69) is 5.32 Å². The van der Waals surface area contributed by atoms with Gasteiger partial charge in [0.05, 0.1) is 28.9 Å². The van der Waals surface area contributed by atoms with Crippen molar-refractivity contribution in [2.75, 3.05) is 14.1 Å². The molecule has 1 saturated heterocycles. The first-order valence-electron chi connectivity index (χ1n) is 12.7. The van der Waals surface area contributed by atoms with Gasteiger partial charge in [-0.15, -0.1) is 0 Å². The third-order valence-corrected chi connectivity index (χ3v) is 8.29. The largest absolute Gasteiger partial charge is 0.416 e. The predicted octanol–water partition coefficient (Wildman–Crippen LogP) is 6.71. The summed E-state index contributed by atoms with van der Waals surface area (Å²) >= 11 is 0. The van der Waals surface area contributed by atoms with Crippen LogP contribution in [0, 0.1) is 11.7 Å². The fourth-order valence-corrected chi connectivity index (χ4v) is 5.84. The third kappa shape index (κ3) is 5.94. The van der Waals surface area contributed by atoms with Crippen LogP contribution in [0.1, 0.15) is 67.4 Å². The van der Waals surface area contributed by atoms with Crippen molar-refractivity contribution >= 4 is 5.91 Å².